The lowest BCUT2D eigenvalue weighted by Gasteiger charge is -2.29. The summed E-state index contributed by atoms with van der Waals surface area (Å²) >= 11 is 0. The lowest BCUT2D eigenvalue weighted by molar-refractivity contribution is -0.0537. The Morgan fingerprint density at radius 3 is 0.828 bits per heavy atom. The standard InChI is InChI=1S/C16H23F2N3O2.3C16H25N3O2.2C15H23N3O3/c1-9-7-21(10(2)16(3,17)18)8-13(9)19-15(22)12-6-14(23-20-12)11-4-5-11;1-10(2)19-8-11(3)13(9-19)17-15(20)12-7-14(21-18-12)16(4)5-6-16;2*1-10(2)19-8-11(3)14(9-19)17-16(20)13-7-15(21-18-13)12-5-4-6-12;2*1-9(2)18-7-13(15(3,20)8-18)16-14(19)11-6-12(21-17-11)10-4-5-10/h6,9-11,13H,4-5,7-8H2,1-3H3,(H,19,22);7,10-11,13H,5-6,8-9H2,1-4H3,(H,17,20);2*7,10-12,14H,4-6,8-9H2,1-3H3,(H,17,20);2*6,9-10,13,20H,4-5,7-8H2,1-3H3,(H,16,19)/t9-,10?,13-;11-,13-;11-,14+;11-,14-;2*13-,15-/m110110/s1. The second-order valence-corrected chi connectivity index (χ2v) is 41.6. The smallest absolute Gasteiger partial charge is 0.273 e. The van der Waals surface area contributed by atoms with Gasteiger partial charge in [-0.15, -0.1) is 0 Å². The predicted octanol–water partition coefficient (Wildman–Crippen LogP) is 11.9. The summed E-state index contributed by atoms with van der Waals surface area (Å²) in [6, 6.07) is 11.8. The monoisotopic (exact) mass is 1790 g/mol. The quantitative estimate of drug-likeness (QED) is 0.0264. The van der Waals surface area contributed by atoms with Crippen LogP contribution in [0.25, 0.3) is 0 Å². The molecule has 12 fully saturated rings. The second kappa shape index (κ2) is 40.8. The number of carbonyl (C=O) groups is 6. The van der Waals surface area contributed by atoms with Gasteiger partial charge in [0.05, 0.1) is 29.3 Å². The molecule has 6 amide bonds. The van der Waals surface area contributed by atoms with E-state index in [1.54, 1.807) is 36.9 Å². The molecule has 0 spiro atoms. The van der Waals surface area contributed by atoms with Crippen LogP contribution in [-0.2, 0) is 5.41 Å². The molecule has 6 aromatic rings. The van der Waals surface area contributed by atoms with Crippen LogP contribution in [0, 0.1) is 23.7 Å². The van der Waals surface area contributed by atoms with Crippen molar-refractivity contribution in [3.05, 3.63) is 105 Å². The number of nitrogens with zero attached hydrogens (tertiary/aromatic N) is 12. The van der Waals surface area contributed by atoms with Crippen molar-refractivity contribution in [2.24, 2.45) is 23.7 Å². The number of alkyl halides is 2. The number of carbonyl (C=O) groups excluding carboxylic acids is 6. The first-order valence-electron chi connectivity index (χ1n) is 47.4. The largest absolute Gasteiger partial charge is 0.387 e. The summed E-state index contributed by atoms with van der Waals surface area (Å²) in [5.41, 5.74) is 0.386. The Kier molecular flexibility index (Phi) is 30.9. The van der Waals surface area contributed by atoms with Gasteiger partial charge in [0.25, 0.3) is 41.4 Å². The molecule has 0 bridgehead atoms. The van der Waals surface area contributed by atoms with Crippen LogP contribution >= 0.6 is 0 Å². The summed E-state index contributed by atoms with van der Waals surface area (Å²) in [5.74, 6) is 4.72. The van der Waals surface area contributed by atoms with E-state index in [4.69, 9.17) is 27.1 Å². The van der Waals surface area contributed by atoms with Crippen LogP contribution in [0.15, 0.2) is 63.5 Å². The van der Waals surface area contributed by atoms with Gasteiger partial charge in [0.15, 0.2) is 34.2 Å². The van der Waals surface area contributed by atoms with Gasteiger partial charge in [-0.1, -0.05) is 78.4 Å². The van der Waals surface area contributed by atoms with Crippen LogP contribution < -0.4 is 31.9 Å². The molecule has 12 heterocycles. The number of aliphatic hydroxyl groups is 2. The first-order valence-corrected chi connectivity index (χ1v) is 47.4. The summed E-state index contributed by atoms with van der Waals surface area (Å²) in [5, 5.41) is 62.3. The highest BCUT2D eigenvalue weighted by atomic mass is 19.3. The minimum atomic E-state index is -2.76. The van der Waals surface area contributed by atoms with Crippen LogP contribution in [0.2, 0.25) is 0 Å². The van der Waals surface area contributed by atoms with Gasteiger partial charge in [-0.2, -0.15) is 0 Å². The third-order valence-electron chi connectivity index (χ3n) is 28.9. The molecule has 34 heteroatoms. The number of amides is 6. The number of nitrogens with one attached hydrogen (secondary N) is 6. The molecule has 6 aliphatic heterocycles. The molecule has 12 aliphatic rings. The summed E-state index contributed by atoms with van der Waals surface area (Å²) in [4.78, 5) is 87.0. The first-order chi connectivity index (χ1) is 60.5. The highest BCUT2D eigenvalue weighted by Gasteiger charge is 2.48. The molecule has 6 saturated heterocycles. The van der Waals surface area contributed by atoms with E-state index in [-0.39, 0.29) is 88.7 Å². The average molecular weight is 1790 g/mol. The molecule has 6 aliphatic carbocycles. The van der Waals surface area contributed by atoms with Gasteiger partial charge < -0.3 is 69.3 Å². The van der Waals surface area contributed by atoms with Crippen molar-refractivity contribution in [3.8, 4) is 0 Å². The van der Waals surface area contributed by atoms with E-state index >= 15 is 0 Å². The van der Waals surface area contributed by atoms with Crippen molar-refractivity contribution in [1.29, 1.82) is 0 Å². The fourth-order valence-corrected chi connectivity index (χ4v) is 17.9. The topological polar surface area (TPSA) is 391 Å². The van der Waals surface area contributed by atoms with Crippen molar-refractivity contribution >= 4 is 35.4 Å². The Morgan fingerprint density at radius 2 is 0.602 bits per heavy atom. The molecule has 8 N–H and O–H groups in total. The third kappa shape index (κ3) is 24.9. The summed E-state index contributed by atoms with van der Waals surface area (Å²) in [6.45, 7) is 47.4. The van der Waals surface area contributed by atoms with Crippen LogP contribution in [0.5, 0.6) is 0 Å². The number of rotatable bonds is 25. The van der Waals surface area contributed by atoms with E-state index in [1.807, 2.05) is 25.1 Å². The van der Waals surface area contributed by atoms with Crippen molar-refractivity contribution in [1.82, 2.24) is 92.2 Å². The zero-order valence-corrected chi connectivity index (χ0v) is 78.9. The fraction of sp³-hybridized carbons (Fsp3) is 0.745. The van der Waals surface area contributed by atoms with Gasteiger partial charge in [-0.3, -0.25) is 58.2 Å². The molecule has 6 saturated carbocycles. The predicted molar refractivity (Wildman–Crippen MR) is 475 cm³/mol. The number of β-amino-alcohol motifs (C(OH)–C–C–N with tert-alkyl or cyclic N) is 2. The first kappa shape index (κ1) is 97.2. The van der Waals surface area contributed by atoms with Gasteiger partial charge in [0.1, 0.15) is 34.6 Å². The van der Waals surface area contributed by atoms with Crippen LogP contribution in [0.1, 0.15) is 349 Å². The van der Waals surface area contributed by atoms with Gasteiger partial charge in [-0.25, -0.2) is 8.78 Å². The average Bonchev–Trinajstić information content (AvgIpc) is 1.62. The number of hydrogen-bond acceptors (Lipinski definition) is 26. The van der Waals surface area contributed by atoms with E-state index in [1.165, 1.54) is 19.8 Å². The van der Waals surface area contributed by atoms with Crippen LogP contribution in [0.4, 0.5) is 8.78 Å². The van der Waals surface area contributed by atoms with Gasteiger partial charge in [0.2, 0.25) is 0 Å². The number of aromatic nitrogens is 6. The maximum Gasteiger partial charge on any atom is 0.273 e. The molecule has 1 unspecified atom stereocenters. The molecule has 13 atom stereocenters. The van der Waals surface area contributed by atoms with Crippen LogP contribution in [0.3, 0.4) is 0 Å². The molecule has 128 heavy (non-hydrogen) atoms. The van der Waals surface area contributed by atoms with Crippen molar-refractivity contribution in [2.75, 3.05) is 78.5 Å². The third-order valence-corrected chi connectivity index (χ3v) is 28.9. The van der Waals surface area contributed by atoms with E-state index in [0.29, 0.717) is 145 Å². The lowest BCUT2D eigenvalue weighted by Crippen LogP contribution is -2.50. The molecule has 32 nitrogen and oxygen atoms in total. The number of hydrogen-bond donors (Lipinski definition) is 8. The zero-order chi connectivity index (χ0) is 92.3. The normalized spacial score (nSPS) is 28.2. The van der Waals surface area contributed by atoms with Crippen LogP contribution in [-0.4, -0.2) is 274 Å². The Labute approximate surface area is 752 Å². The molecule has 0 radical (unpaired) electrons. The van der Waals surface area contributed by atoms with Crippen molar-refractivity contribution in [2.45, 2.75) is 346 Å². The van der Waals surface area contributed by atoms with E-state index in [9.17, 15) is 47.8 Å². The Hall–Kier alpha value is -8.38. The maximum absolute atomic E-state index is 13.5. The summed E-state index contributed by atoms with van der Waals surface area (Å²) < 4.78 is 58.5. The number of halogens is 2. The van der Waals surface area contributed by atoms with E-state index in [0.717, 1.165) is 158 Å². The fourth-order valence-electron chi connectivity index (χ4n) is 17.9. The maximum atomic E-state index is 13.5. The van der Waals surface area contributed by atoms with Crippen molar-refractivity contribution in [3.63, 3.8) is 0 Å². The van der Waals surface area contributed by atoms with E-state index in [2.05, 4.69) is 184 Å². The highest BCUT2D eigenvalue weighted by Crippen LogP contribution is 2.48. The Morgan fingerprint density at radius 1 is 0.359 bits per heavy atom. The number of likely N-dealkylation sites (tertiary alicyclic amines) is 6. The second-order valence-electron chi connectivity index (χ2n) is 41.6. The molecular weight excluding hydrogens is 1640 g/mol. The Bertz CT molecular complexity index is 4500. The minimum absolute atomic E-state index is 0.105. The summed E-state index contributed by atoms with van der Waals surface area (Å²) in [6.07, 6.45) is 15.9. The minimum Gasteiger partial charge on any atom is -0.387 e. The molecule has 6 aromatic heterocycles. The molecule has 708 valence electrons. The lowest BCUT2D eigenvalue weighted by atomic mass is 9.83. The summed E-state index contributed by atoms with van der Waals surface area (Å²) in [7, 11) is 0. The Balaban J connectivity index is 0.000000131. The molecule has 18 rings (SSSR count). The molecule has 0 aromatic carbocycles. The molecular formula is C94H144F2N18O14. The zero-order valence-electron chi connectivity index (χ0n) is 78.9. The SMILES string of the molecule is CC(C)N1C[C@@H](C)[C@H](NC(=O)c2cc(C3(C)CC3)on2)C1.CC(C)N1C[C@@H](C)[C@H](NC(=O)c2cc(C3CCC3)on2)C1.CC(C)N1C[C@@H](NC(=O)c2cc(C3CC3)on2)[C@](C)(O)C1.CC(C)N1C[C@H](C)[C@H](NC(=O)c2cc(C3CCC3)on2)C1.CC(C)N1C[C@H](NC(=O)c2cc(C3CC3)on2)[C@@](C)(O)C1.CC(N1C[C@@H](C)[C@H](NC(=O)c2cc(C3CC3)on2)C1)C(C)(F)F. The van der Waals surface area contributed by atoms with E-state index < -0.39 is 23.2 Å². The van der Waals surface area contributed by atoms with Gasteiger partial charge in [-0.05, 0) is 191 Å². The highest BCUT2D eigenvalue weighted by molar-refractivity contribution is 5.95. The van der Waals surface area contributed by atoms with Gasteiger partial charge in [0, 0.05) is 211 Å². The van der Waals surface area contributed by atoms with Gasteiger partial charge >= 0.3 is 0 Å². The van der Waals surface area contributed by atoms with Crippen molar-refractivity contribution < 1.29 is 74.9 Å².